The fraction of sp³-hybridized carbons (Fsp3) is 0.538. The van der Waals surface area contributed by atoms with Gasteiger partial charge in [-0.2, -0.15) is 4.31 Å². The molecule has 0 spiro atoms. The zero-order valence-corrected chi connectivity index (χ0v) is 11.8. The molecule has 0 saturated carbocycles. The molecule has 1 aliphatic heterocycles. The molecule has 0 amide bonds. The molecule has 1 aromatic rings. The Bertz CT molecular complexity index is 505. The van der Waals surface area contributed by atoms with E-state index in [0.717, 1.165) is 19.6 Å². The van der Waals surface area contributed by atoms with Gasteiger partial charge in [-0.15, -0.1) is 0 Å². The number of benzene rings is 1. The third-order valence-corrected chi connectivity index (χ3v) is 4.90. The van der Waals surface area contributed by atoms with Crippen LogP contribution in [0.4, 0.5) is 0 Å². The number of nitrogens with one attached hydrogen (secondary N) is 1. The largest absolute Gasteiger partial charge is 0.329 e. The Morgan fingerprint density at radius 1 is 1.22 bits per heavy atom. The van der Waals surface area contributed by atoms with Crippen LogP contribution in [0.5, 0.6) is 0 Å². The van der Waals surface area contributed by atoms with Crippen molar-refractivity contribution in [2.75, 3.05) is 32.4 Å². The van der Waals surface area contributed by atoms with Crippen molar-refractivity contribution in [3.05, 3.63) is 35.4 Å². The molecular formula is C13H21N2O2S+. The highest BCUT2D eigenvalue weighted by Crippen LogP contribution is 2.05. The average molecular weight is 269 g/mol. The van der Waals surface area contributed by atoms with Crippen LogP contribution in [-0.2, 0) is 16.6 Å². The van der Waals surface area contributed by atoms with E-state index in [2.05, 4.69) is 31.2 Å². The first kappa shape index (κ1) is 13.5. The molecule has 2 rings (SSSR count). The molecule has 0 bridgehead atoms. The highest BCUT2D eigenvalue weighted by molar-refractivity contribution is 7.88. The molecule has 0 radical (unpaired) electrons. The van der Waals surface area contributed by atoms with Crippen molar-refractivity contribution in [2.24, 2.45) is 0 Å². The molecule has 1 heterocycles. The molecule has 1 fully saturated rings. The van der Waals surface area contributed by atoms with Gasteiger partial charge in [-0.3, -0.25) is 0 Å². The third kappa shape index (κ3) is 3.31. The fourth-order valence-electron chi connectivity index (χ4n) is 2.39. The van der Waals surface area contributed by atoms with Gasteiger partial charge in [0, 0.05) is 5.56 Å². The lowest BCUT2D eigenvalue weighted by molar-refractivity contribution is -0.917. The number of hydrogen-bond donors (Lipinski definition) is 1. The molecule has 0 atom stereocenters. The number of hydrogen-bond acceptors (Lipinski definition) is 2. The summed E-state index contributed by atoms with van der Waals surface area (Å²) in [5.41, 5.74) is 2.68. The number of nitrogens with zero attached hydrogens (tertiary/aromatic N) is 1. The molecular weight excluding hydrogens is 248 g/mol. The van der Waals surface area contributed by atoms with Gasteiger partial charge in [0.1, 0.15) is 6.54 Å². The van der Waals surface area contributed by atoms with E-state index in [4.69, 9.17) is 0 Å². The van der Waals surface area contributed by atoms with Crippen molar-refractivity contribution >= 4 is 10.0 Å². The van der Waals surface area contributed by atoms with E-state index in [1.54, 1.807) is 4.31 Å². The van der Waals surface area contributed by atoms with Crippen molar-refractivity contribution in [1.82, 2.24) is 4.31 Å². The summed E-state index contributed by atoms with van der Waals surface area (Å²) in [4.78, 5) is 1.46. The highest BCUT2D eigenvalue weighted by Gasteiger charge is 2.25. The minimum Gasteiger partial charge on any atom is -0.329 e. The molecule has 1 saturated heterocycles. The van der Waals surface area contributed by atoms with E-state index in [-0.39, 0.29) is 0 Å². The summed E-state index contributed by atoms with van der Waals surface area (Å²) in [6.45, 7) is 6.18. The Balaban J connectivity index is 1.94. The lowest BCUT2D eigenvalue weighted by atomic mass is 10.1. The molecule has 1 N–H and O–H groups in total. The quantitative estimate of drug-likeness (QED) is 0.815. The maximum Gasteiger partial charge on any atom is 0.211 e. The lowest BCUT2D eigenvalue weighted by Crippen LogP contribution is -3.13. The summed E-state index contributed by atoms with van der Waals surface area (Å²) in [5, 5.41) is 0. The van der Waals surface area contributed by atoms with Crippen molar-refractivity contribution in [2.45, 2.75) is 13.5 Å². The first-order valence-corrected chi connectivity index (χ1v) is 8.15. The monoisotopic (exact) mass is 269 g/mol. The van der Waals surface area contributed by atoms with E-state index >= 15 is 0 Å². The summed E-state index contributed by atoms with van der Waals surface area (Å²) < 4.78 is 24.4. The molecule has 1 aromatic carbocycles. The van der Waals surface area contributed by atoms with Crippen LogP contribution in [0.3, 0.4) is 0 Å². The molecule has 1 aliphatic rings. The van der Waals surface area contributed by atoms with E-state index < -0.39 is 10.0 Å². The molecule has 5 heteroatoms. The van der Waals surface area contributed by atoms with Crippen LogP contribution in [0.15, 0.2) is 24.3 Å². The Kier molecular flexibility index (Phi) is 4.04. The molecule has 18 heavy (non-hydrogen) atoms. The molecule has 0 aliphatic carbocycles. The number of sulfonamides is 1. The third-order valence-electron chi connectivity index (χ3n) is 3.60. The maximum atomic E-state index is 11.4. The average Bonchev–Trinajstić information content (AvgIpc) is 2.32. The topological polar surface area (TPSA) is 41.8 Å². The first-order valence-electron chi connectivity index (χ1n) is 6.30. The smallest absolute Gasteiger partial charge is 0.211 e. The van der Waals surface area contributed by atoms with Crippen molar-refractivity contribution in [3.8, 4) is 0 Å². The molecule has 0 unspecified atom stereocenters. The first-order chi connectivity index (χ1) is 8.47. The summed E-state index contributed by atoms with van der Waals surface area (Å²) in [6.07, 6.45) is 1.29. The SMILES string of the molecule is Cc1ccccc1C[NH+]1CCN(S(C)(=O)=O)CC1. The molecule has 0 aromatic heterocycles. The van der Waals surface area contributed by atoms with E-state index in [1.807, 2.05) is 0 Å². The summed E-state index contributed by atoms with van der Waals surface area (Å²) in [5.74, 6) is 0. The maximum absolute atomic E-state index is 11.4. The second-order valence-corrected chi connectivity index (χ2v) is 7.00. The van der Waals surface area contributed by atoms with Crippen LogP contribution in [0, 0.1) is 6.92 Å². The predicted molar refractivity (Wildman–Crippen MR) is 72.0 cm³/mol. The second-order valence-electron chi connectivity index (χ2n) is 5.02. The van der Waals surface area contributed by atoms with Crippen molar-refractivity contribution < 1.29 is 13.3 Å². The molecule has 4 nitrogen and oxygen atoms in total. The van der Waals surface area contributed by atoms with Gasteiger partial charge in [-0.05, 0) is 12.5 Å². The lowest BCUT2D eigenvalue weighted by Gasteiger charge is -2.30. The fourth-order valence-corrected chi connectivity index (χ4v) is 3.23. The zero-order chi connectivity index (χ0) is 13.2. The van der Waals surface area contributed by atoms with Gasteiger partial charge >= 0.3 is 0 Å². The number of piperazine rings is 1. The van der Waals surface area contributed by atoms with Gasteiger partial charge in [0.05, 0.1) is 32.4 Å². The van der Waals surface area contributed by atoms with Crippen molar-refractivity contribution in [3.63, 3.8) is 0 Å². The van der Waals surface area contributed by atoms with Gasteiger partial charge in [-0.25, -0.2) is 8.42 Å². The van der Waals surface area contributed by atoms with Crippen molar-refractivity contribution in [1.29, 1.82) is 0 Å². The minimum atomic E-state index is -3.01. The van der Waals surface area contributed by atoms with E-state index in [9.17, 15) is 8.42 Å². The number of quaternary nitrogens is 1. The Hall–Kier alpha value is -0.910. The standard InChI is InChI=1S/C13H20N2O2S/c1-12-5-3-4-6-13(12)11-14-7-9-15(10-8-14)18(2,16)17/h3-6H,7-11H2,1-2H3/p+1. The summed E-state index contributed by atoms with van der Waals surface area (Å²) >= 11 is 0. The van der Waals surface area contributed by atoms with Crippen LogP contribution in [0.1, 0.15) is 11.1 Å². The second kappa shape index (κ2) is 5.38. The van der Waals surface area contributed by atoms with Crippen LogP contribution in [-0.4, -0.2) is 45.2 Å². The van der Waals surface area contributed by atoms with E-state index in [0.29, 0.717) is 13.1 Å². The Morgan fingerprint density at radius 3 is 2.39 bits per heavy atom. The van der Waals surface area contributed by atoms with Gasteiger partial charge in [0.15, 0.2) is 0 Å². The van der Waals surface area contributed by atoms with E-state index in [1.165, 1.54) is 22.3 Å². The molecule has 100 valence electrons. The van der Waals surface area contributed by atoms with Gasteiger partial charge in [0.25, 0.3) is 0 Å². The van der Waals surface area contributed by atoms with Crippen LogP contribution in [0.25, 0.3) is 0 Å². The number of rotatable bonds is 3. The predicted octanol–water partition coefficient (Wildman–Crippen LogP) is -0.345. The normalized spacial score (nSPS) is 19.0. The van der Waals surface area contributed by atoms with Crippen LogP contribution in [0.2, 0.25) is 0 Å². The zero-order valence-electron chi connectivity index (χ0n) is 11.0. The van der Waals surface area contributed by atoms with Gasteiger partial charge < -0.3 is 4.90 Å². The minimum absolute atomic E-state index is 0.639. The highest BCUT2D eigenvalue weighted by atomic mass is 32.2. The van der Waals surface area contributed by atoms with Crippen LogP contribution >= 0.6 is 0 Å². The van der Waals surface area contributed by atoms with Crippen LogP contribution < -0.4 is 4.90 Å². The van der Waals surface area contributed by atoms with Gasteiger partial charge in [0.2, 0.25) is 10.0 Å². The Morgan fingerprint density at radius 2 is 1.83 bits per heavy atom. The summed E-state index contributed by atoms with van der Waals surface area (Å²) in [6, 6.07) is 8.40. The Labute approximate surface area is 109 Å². The summed E-state index contributed by atoms with van der Waals surface area (Å²) in [7, 11) is -3.01. The number of aryl methyl sites for hydroxylation is 1. The van der Waals surface area contributed by atoms with Gasteiger partial charge in [-0.1, -0.05) is 24.3 Å².